The smallest absolute Gasteiger partial charge is 0.129 e. The van der Waals surface area contributed by atoms with Crippen molar-refractivity contribution in [2.45, 2.75) is 113 Å². The normalized spacial score (nSPS) is 33.5. The van der Waals surface area contributed by atoms with Crippen LogP contribution in [0.5, 0.6) is 0 Å². The lowest BCUT2D eigenvalue weighted by Gasteiger charge is -2.53. The Morgan fingerprint density at radius 3 is 2.35 bits per heavy atom. The summed E-state index contributed by atoms with van der Waals surface area (Å²) in [5, 5.41) is 0. The zero-order chi connectivity index (χ0) is 23.4. The Morgan fingerprint density at radius 1 is 1.13 bits per heavy atom. The highest BCUT2D eigenvalue weighted by Crippen LogP contribution is 2.64. The van der Waals surface area contributed by atoms with Gasteiger partial charge in [-0.1, -0.05) is 71.6 Å². The van der Waals surface area contributed by atoms with Gasteiger partial charge in [0, 0.05) is 6.42 Å². The van der Waals surface area contributed by atoms with Crippen molar-refractivity contribution < 1.29 is 4.79 Å². The molecular formula is C30H52O. The van der Waals surface area contributed by atoms with Crippen LogP contribution >= 0.6 is 0 Å². The Balaban J connectivity index is 2.23. The molecular weight excluding hydrogens is 376 g/mol. The quantitative estimate of drug-likeness (QED) is 0.300. The summed E-state index contributed by atoms with van der Waals surface area (Å²) in [6, 6.07) is 0. The molecule has 2 aliphatic carbocycles. The van der Waals surface area contributed by atoms with Crippen LogP contribution in [-0.2, 0) is 4.79 Å². The molecule has 0 aromatic rings. The highest BCUT2D eigenvalue weighted by atomic mass is 16.1. The maximum absolute atomic E-state index is 11.8. The zero-order valence-electron chi connectivity index (χ0n) is 22.1. The van der Waals surface area contributed by atoms with Gasteiger partial charge in [-0.2, -0.15) is 0 Å². The molecule has 0 aromatic carbocycles. The molecule has 0 heterocycles. The van der Waals surface area contributed by atoms with Crippen LogP contribution in [0.3, 0.4) is 0 Å². The summed E-state index contributed by atoms with van der Waals surface area (Å²) >= 11 is 0. The topological polar surface area (TPSA) is 17.1 Å². The van der Waals surface area contributed by atoms with Gasteiger partial charge in [-0.15, -0.1) is 6.58 Å². The Hall–Kier alpha value is -0.850. The zero-order valence-corrected chi connectivity index (χ0v) is 22.1. The summed E-state index contributed by atoms with van der Waals surface area (Å²) in [6.45, 7) is 22.8. The van der Waals surface area contributed by atoms with Crippen molar-refractivity contribution in [1.29, 1.82) is 0 Å². The highest BCUT2D eigenvalue weighted by Gasteiger charge is 2.56. The molecule has 2 aliphatic rings. The van der Waals surface area contributed by atoms with Gasteiger partial charge in [0.1, 0.15) is 5.78 Å². The molecule has 7 atom stereocenters. The number of ketones is 1. The van der Waals surface area contributed by atoms with Crippen LogP contribution in [0.1, 0.15) is 113 Å². The summed E-state index contributed by atoms with van der Waals surface area (Å²) < 4.78 is 0. The van der Waals surface area contributed by atoms with E-state index >= 15 is 0 Å². The van der Waals surface area contributed by atoms with Crippen LogP contribution in [0.15, 0.2) is 24.3 Å². The number of hydrogen-bond acceptors (Lipinski definition) is 1. The van der Waals surface area contributed by atoms with Gasteiger partial charge in [0.2, 0.25) is 0 Å². The fourth-order valence-corrected chi connectivity index (χ4v) is 7.79. The Kier molecular flexibility index (Phi) is 9.24. The van der Waals surface area contributed by atoms with E-state index < -0.39 is 0 Å². The predicted octanol–water partition coefficient (Wildman–Crippen LogP) is 9.04. The SMILES string of the molecule is C=C[C@H]1[C@@H]2CC[C@H]([C@H](C)CCCC(C)C)[C@@]2(C)CC[C@@H]1[C@](C)(C=C(C)C)CCC(C)=O. The first-order chi connectivity index (χ1) is 14.4. The lowest BCUT2D eigenvalue weighted by molar-refractivity contribution is -0.117. The average Bonchev–Trinajstić information content (AvgIpc) is 3.01. The standard InChI is InChI=1S/C30H52O/c1-10-25-27(29(8,20-22(4)5)18-16-24(7)31)17-19-30(9)26(14-15-28(25)30)23(6)13-11-12-21(2)3/h10,20-21,23,25-28H,1,11-19H2,2-9H3/t23-,25-,26-,27+,28+,29+,30-/m1/s1. The third kappa shape index (κ3) is 6.14. The summed E-state index contributed by atoms with van der Waals surface area (Å²) in [5.41, 5.74) is 1.93. The molecule has 0 unspecified atom stereocenters. The second-order valence-electron chi connectivity index (χ2n) is 12.5. The van der Waals surface area contributed by atoms with Gasteiger partial charge in [-0.05, 0) is 99.2 Å². The van der Waals surface area contributed by atoms with E-state index in [1.807, 2.05) is 0 Å². The van der Waals surface area contributed by atoms with E-state index in [-0.39, 0.29) is 5.41 Å². The number of rotatable bonds is 11. The Bertz CT molecular complexity index is 639. The summed E-state index contributed by atoms with van der Waals surface area (Å²) in [6.07, 6.45) is 16.0. The van der Waals surface area contributed by atoms with Crippen LogP contribution in [0.4, 0.5) is 0 Å². The molecule has 0 amide bonds. The van der Waals surface area contributed by atoms with Gasteiger partial charge < -0.3 is 4.79 Å². The molecule has 0 spiro atoms. The molecule has 2 fully saturated rings. The van der Waals surface area contributed by atoms with Crippen LogP contribution < -0.4 is 0 Å². The van der Waals surface area contributed by atoms with Crippen molar-refractivity contribution in [1.82, 2.24) is 0 Å². The molecule has 2 rings (SSSR count). The van der Waals surface area contributed by atoms with Crippen molar-refractivity contribution in [3.05, 3.63) is 24.3 Å². The van der Waals surface area contributed by atoms with Crippen molar-refractivity contribution >= 4 is 5.78 Å². The van der Waals surface area contributed by atoms with Gasteiger partial charge in [-0.3, -0.25) is 0 Å². The average molecular weight is 429 g/mol. The van der Waals surface area contributed by atoms with Gasteiger partial charge in [0.15, 0.2) is 0 Å². The van der Waals surface area contributed by atoms with Gasteiger partial charge in [0.05, 0.1) is 0 Å². The first-order valence-electron chi connectivity index (χ1n) is 13.2. The van der Waals surface area contributed by atoms with Crippen LogP contribution in [0, 0.1) is 46.3 Å². The molecule has 0 bridgehead atoms. The van der Waals surface area contributed by atoms with E-state index in [9.17, 15) is 4.79 Å². The number of hydrogen-bond donors (Lipinski definition) is 0. The van der Waals surface area contributed by atoms with Crippen LogP contribution in [0.2, 0.25) is 0 Å². The molecule has 1 nitrogen and oxygen atoms in total. The van der Waals surface area contributed by atoms with E-state index in [4.69, 9.17) is 0 Å². The fraction of sp³-hybridized carbons (Fsp3) is 0.833. The molecule has 31 heavy (non-hydrogen) atoms. The van der Waals surface area contributed by atoms with Gasteiger partial charge >= 0.3 is 0 Å². The number of carbonyl (C=O) groups excluding carboxylic acids is 1. The van der Waals surface area contributed by atoms with Crippen molar-refractivity contribution in [3.8, 4) is 0 Å². The Morgan fingerprint density at radius 2 is 1.81 bits per heavy atom. The third-order valence-corrected chi connectivity index (χ3v) is 9.29. The van der Waals surface area contributed by atoms with Crippen molar-refractivity contribution in [2.24, 2.45) is 46.3 Å². The third-order valence-electron chi connectivity index (χ3n) is 9.29. The molecule has 0 N–H and O–H groups in total. The molecule has 178 valence electrons. The Labute approximate surface area is 194 Å². The molecule has 0 aromatic heterocycles. The van der Waals surface area contributed by atoms with E-state index in [2.05, 4.69) is 67.2 Å². The number of allylic oxidation sites excluding steroid dienone is 3. The minimum absolute atomic E-state index is 0.0889. The summed E-state index contributed by atoms with van der Waals surface area (Å²) in [5.74, 6) is 4.76. The monoisotopic (exact) mass is 428 g/mol. The second-order valence-corrected chi connectivity index (χ2v) is 12.5. The molecule has 0 radical (unpaired) electrons. The summed E-state index contributed by atoms with van der Waals surface area (Å²) in [4.78, 5) is 11.8. The molecule has 0 aliphatic heterocycles. The van der Waals surface area contributed by atoms with Crippen LogP contribution in [-0.4, -0.2) is 5.78 Å². The minimum atomic E-state index is 0.0889. The number of carbonyl (C=O) groups is 1. The second kappa shape index (κ2) is 10.8. The van der Waals surface area contributed by atoms with Crippen molar-refractivity contribution in [3.63, 3.8) is 0 Å². The highest BCUT2D eigenvalue weighted by molar-refractivity contribution is 5.75. The van der Waals surface area contributed by atoms with E-state index in [1.54, 1.807) is 6.92 Å². The van der Waals surface area contributed by atoms with Gasteiger partial charge in [-0.25, -0.2) is 0 Å². The van der Waals surface area contributed by atoms with E-state index in [0.717, 1.165) is 30.1 Å². The summed E-state index contributed by atoms with van der Waals surface area (Å²) in [7, 11) is 0. The lowest BCUT2D eigenvalue weighted by atomic mass is 9.51. The van der Waals surface area contributed by atoms with E-state index in [0.29, 0.717) is 29.5 Å². The maximum atomic E-state index is 11.8. The molecule has 2 saturated carbocycles. The molecule has 1 heteroatoms. The first kappa shape index (κ1) is 26.4. The number of fused-ring (bicyclic) bond motifs is 1. The number of Topliss-reactive ketones (excluding diaryl/α,β-unsaturated/α-hetero) is 1. The largest absolute Gasteiger partial charge is 0.300 e. The maximum Gasteiger partial charge on any atom is 0.129 e. The first-order valence-corrected chi connectivity index (χ1v) is 13.2. The lowest BCUT2D eigenvalue weighted by Crippen LogP contribution is -2.46. The van der Waals surface area contributed by atoms with Crippen molar-refractivity contribution in [2.75, 3.05) is 0 Å². The predicted molar refractivity (Wildman–Crippen MR) is 136 cm³/mol. The fourth-order valence-electron chi connectivity index (χ4n) is 7.79. The molecule has 0 saturated heterocycles. The van der Waals surface area contributed by atoms with Gasteiger partial charge in [0.25, 0.3) is 0 Å². The minimum Gasteiger partial charge on any atom is -0.300 e. The van der Waals surface area contributed by atoms with Crippen LogP contribution in [0.25, 0.3) is 0 Å². The van der Waals surface area contributed by atoms with E-state index in [1.165, 1.54) is 50.5 Å².